The van der Waals surface area contributed by atoms with Gasteiger partial charge in [-0.05, 0) is 91.2 Å². The largest absolute Gasteiger partial charge is 0.481 e. The fourth-order valence-electron chi connectivity index (χ4n) is 4.03. The number of benzene rings is 1. The quantitative estimate of drug-likeness (QED) is 0.263. The molecule has 0 atom stereocenters. The number of aliphatic carboxylic acids is 1. The molecule has 0 aliphatic carbocycles. The summed E-state index contributed by atoms with van der Waals surface area (Å²) >= 11 is 0. The van der Waals surface area contributed by atoms with Gasteiger partial charge in [0.15, 0.2) is 0 Å². The molecule has 0 radical (unpaired) electrons. The van der Waals surface area contributed by atoms with E-state index in [0.29, 0.717) is 0 Å². The molecule has 6 rings (SSSR count). The number of hydrogen-bond acceptors (Lipinski definition) is 3. The maximum Gasteiger partial charge on any atom is 0.303 e. The van der Waals surface area contributed by atoms with Gasteiger partial charge in [-0.1, -0.05) is 30.3 Å². The molecular formula is C30H26N4O2. The number of aromatic amines is 2. The number of carboxylic acid groups (broad SMARTS) is 1. The second kappa shape index (κ2) is 10.7. The van der Waals surface area contributed by atoms with Gasteiger partial charge < -0.3 is 15.1 Å². The zero-order valence-corrected chi connectivity index (χ0v) is 19.7. The maximum absolute atomic E-state index is 10.2. The Hall–Kier alpha value is -4.71. The lowest BCUT2D eigenvalue weighted by Gasteiger charge is -1.97. The Labute approximate surface area is 208 Å². The van der Waals surface area contributed by atoms with Crippen molar-refractivity contribution in [2.45, 2.75) is 19.3 Å². The zero-order valence-electron chi connectivity index (χ0n) is 19.7. The summed E-state index contributed by atoms with van der Waals surface area (Å²) < 4.78 is 0. The third-order valence-corrected chi connectivity index (χ3v) is 5.74. The van der Waals surface area contributed by atoms with Crippen LogP contribution in [0.3, 0.4) is 0 Å². The van der Waals surface area contributed by atoms with E-state index in [1.807, 2.05) is 78.9 Å². The van der Waals surface area contributed by atoms with Gasteiger partial charge in [-0.15, -0.1) is 0 Å². The average molecular weight is 475 g/mol. The van der Waals surface area contributed by atoms with E-state index in [9.17, 15) is 4.79 Å². The molecule has 4 aromatic rings. The van der Waals surface area contributed by atoms with Gasteiger partial charge in [0.1, 0.15) is 0 Å². The van der Waals surface area contributed by atoms with Gasteiger partial charge in [0.25, 0.3) is 0 Å². The average Bonchev–Trinajstić information content (AvgIpc) is 3.66. The summed E-state index contributed by atoms with van der Waals surface area (Å²) in [4.78, 5) is 26.2. The summed E-state index contributed by atoms with van der Waals surface area (Å²) in [6.45, 7) is 0. The third kappa shape index (κ3) is 6.24. The van der Waals surface area contributed by atoms with E-state index in [2.05, 4.69) is 44.2 Å². The molecule has 0 unspecified atom stereocenters. The molecule has 3 N–H and O–H groups in total. The Bertz CT molecular complexity index is 1420. The van der Waals surface area contributed by atoms with Crippen LogP contribution in [0.25, 0.3) is 46.4 Å². The zero-order chi connectivity index (χ0) is 24.7. The van der Waals surface area contributed by atoms with E-state index in [4.69, 9.17) is 5.11 Å². The first kappa shape index (κ1) is 23.1. The van der Waals surface area contributed by atoms with Crippen LogP contribution in [0.15, 0.2) is 78.9 Å². The predicted octanol–water partition coefficient (Wildman–Crippen LogP) is 6.75. The Morgan fingerprint density at radius 2 is 1.06 bits per heavy atom. The van der Waals surface area contributed by atoms with Crippen LogP contribution in [0.4, 0.5) is 0 Å². The Morgan fingerprint density at radius 1 is 0.639 bits per heavy atom. The topological polar surface area (TPSA) is 94.7 Å². The van der Waals surface area contributed by atoms with Crippen molar-refractivity contribution in [1.82, 2.24) is 19.9 Å². The van der Waals surface area contributed by atoms with Crippen LogP contribution < -0.4 is 0 Å². The highest BCUT2D eigenvalue weighted by molar-refractivity contribution is 5.77. The predicted molar refractivity (Wildman–Crippen MR) is 146 cm³/mol. The number of aromatic nitrogens is 4. The maximum atomic E-state index is 10.2. The molecule has 0 saturated carbocycles. The smallest absolute Gasteiger partial charge is 0.303 e. The molecule has 1 aromatic carbocycles. The van der Waals surface area contributed by atoms with Crippen LogP contribution in [0.5, 0.6) is 0 Å². The summed E-state index contributed by atoms with van der Waals surface area (Å²) in [6, 6.07) is 26.3. The molecule has 36 heavy (non-hydrogen) atoms. The molecule has 6 nitrogen and oxygen atoms in total. The molecule has 3 aromatic heterocycles. The van der Waals surface area contributed by atoms with Gasteiger partial charge >= 0.3 is 5.97 Å². The van der Waals surface area contributed by atoms with Gasteiger partial charge in [0, 0.05) is 28.5 Å². The van der Waals surface area contributed by atoms with Crippen LogP contribution in [0.2, 0.25) is 0 Å². The van der Waals surface area contributed by atoms with Gasteiger partial charge in [-0.3, -0.25) is 4.79 Å². The summed E-state index contributed by atoms with van der Waals surface area (Å²) in [5.74, 6) is -0.717. The molecule has 6 heteroatoms. The number of fused-ring (bicyclic) bond motifs is 8. The van der Waals surface area contributed by atoms with Crippen molar-refractivity contribution < 1.29 is 9.90 Å². The first-order chi connectivity index (χ1) is 17.6. The molecule has 8 bridgehead atoms. The Kier molecular flexibility index (Phi) is 6.85. The number of hydrogen-bond donors (Lipinski definition) is 3. The lowest BCUT2D eigenvalue weighted by atomic mass is 10.1. The second-order valence-corrected chi connectivity index (χ2v) is 8.64. The summed E-state index contributed by atoms with van der Waals surface area (Å²) in [5, 5.41) is 8.39. The first-order valence-corrected chi connectivity index (χ1v) is 11.9. The van der Waals surface area contributed by atoms with Crippen molar-refractivity contribution in [3.05, 3.63) is 107 Å². The highest BCUT2D eigenvalue weighted by Gasteiger charge is 2.01. The number of H-pyrrole nitrogens is 2. The minimum absolute atomic E-state index is 0.259. The SMILES string of the molecule is C1=Cc2cc3ccc(cc4nc(cc5ccc(cc1n2)[nH]5)C=C4)[nH]3.O=C(O)CCCc1ccccc1. The molecule has 0 saturated heterocycles. The van der Waals surface area contributed by atoms with E-state index in [-0.39, 0.29) is 6.42 Å². The first-order valence-electron chi connectivity index (χ1n) is 11.9. The number of nitrogens with one attached hydrogen (secondary N) is 2. The molecule has 2 aliphatic heterocycles. The highest BCUT2D eigenvalue weighted by atomic mass is 16.4. The van der Waals surface area contributed by atoms with E-state index >= 15 is 0 Å². The van der Waals surface area contributed by atoms with Crippen molar-refractivity contribution in [2.75, 3.05) is 0 Å². The monoisotopic (exact) mass is 474 g/mol. The summed E-state index contributed by atoms with van der Waals surface area (Å²) in [7, 11) is 0. The molecule has 2 aliphatic rings. The van der Waals surface area contributed by atoms with Gasteiger partial charge in [0.05, 0.1) is 22.8 Å². The van der Waals surface area contributed by atoms with Crippen molar-refractivity contribution in [3.8, 4) is 0 Å². The van der Waals surface area contributed by atoms with Gasteiger partial charge in [-0.2, -0.15) is 0 Å². The number of carbonyl (C=O) groups is 1. The van der Waals surface area contributed by atoms with Crippen LogP contribution in [-0.4, -0.2) is 31.0 Å². The van der Waals surface area contributed by atoms with Crippen molar-refractivity contribution in [3.63, 3.8) is 0 Å². The number of rotatable bonds is 4. The lowest BCUT2D eigenvalue weighted by molar-refractivity contribution is -0.137. The van der Waals surface area contributed by atoms with Crippen molar-refractivity contribution >= 4 is 52.3 Å². The highest BCUT2D eigenvalue weighted by Crippen LogP contribution is 2.17. The van der Waals surface area contributed by atoms with Gasteiger partial charge in [0.2, 0.25) is 0 Å². The van der Waals surface area contributed by atoms with Gasteiger partial charge in [-0.25, -0.2) is 9.97 Å². The minimum atomic E-state index is -0.717. The number of aryl methyl sites for hydroxylation is 1. The lowest BCUT2D eigenvalue weighted by Crippen LogP contribution is -1.95. The minimum Gasteiger partial charge on any atom is -0.481 e. The fourth-order valence-corrected chi connectivity index (χ4v) is 4.03. The molecule has 0 spiro atoms. The van der Waals surface area contributed by atoms with Crippen LogP contribution in [-0.2, 0) is 11.2 Å². The van der Waals surface area contributed by atoms with E-state index < -0.39 is 5.97 Å². The normalized spacial score (nSPS) is 11.7. The number of carboxylic acids is 1. The van der Waals surface area contributed by atoms with Crippen LogP contribution in [0, 0.1) is 0 Å². The van der Waals surface area contributed by atoms with E-state index in [1.54, 1.807) is 0 Å². The van der Waals surface area contributed by atoms with Crippen molar-refractivity contribution in [1.29, 1.82) is 0 Å². The Morgan fingerprint density at radius 3 is 1.44 bits per heavy atom. The van der Waals surface area contributed by atoms with Crippen molar-refractivity contribution in [2.24, 2.45) is 0 Å². The van der Waals surface area contributed by atoms with Crippen LogP contribution >= 0.6 is 0 Å². The molecule has 0 fully saturated rings. The standard InChI is InChI=1S/C20H14N4.C10H12O2/c1-2-14-10-16-5-6-18(23-16)12-20-8-7-19(24-20)11-17-4-3-15(22-17)9-13(1)21-14;11-10(12)8-4-7-9-5-2-1-3-6-9/h1-12,21,24H;1-3,5-6H,4,7-8H2,(H,11,12). The fraction of sp³-hybridized carbons (Fsp3) is 0.100. The molecule has 178 valence electrons. The number of nitrogens with zero attached hydrogens (tertiary/aromatic N) is 2. The Balaban J connectivity index is 0.000000189. The van der Waals surface area contributed by atoms with E-state index in [1.165, 1.54) is 5.56 Å². The molecule has 5 heterocycles. The third-order valence-electron chi connectivity index (χ3n) is 5.74. The summed E-state index contributed by atoms with van der Waals surface area (Å²) in [5.41, 5.74) is 9.07. The van der Waals surface area contributed by atoms with Crippen LogP contribution in [0.1, 0.15) is 41.2 Å². The molecular weight excluding hydrogens is 448 g/mol. The molecule has 0 amide bonds. The second-order valence-electron chi connectivity index (χ2n) is 8.64. The summed E-state index contributed by atoms with van der Waals surface area (Å²) in [6.07, 6.45) is 9.93. The van der Waals surface area contributed by atoms with E-state index in [0.717, 1.165) is 57.7 Å².